The van der Waals surface area contributed by atoms with Crippen molar-refractivity contribution in [1.82, 2.24) is 0 Å². The summed E-state index contributed by atoms with van der Waals surface area (Å²) in [5, 5.41) is 108. The Bertz CT molecular complexity index is 3330. The fourth-order valence-corrected chi connectivity index (χ4v) is 36.3. The number of aliphatic hydroxyl groups excluding tert-OH is 10. The van der Waals surface area contributed by atoms with Crippen molar-refractivity contribution in [2.45, 2.75) is 414 Å². The summed E-state index contributed by atoms with van der Waals surface area (Å²) < 4.78 is 24.5. The molecule has 16 saturated carbocycles. The first-order chi connectivity index (χ1) is 58.4. The van der Waals surface area contributed by atoms with Crippen molar-refractivity contribution in [3.63, 3.8) is 0 Å². The highest BCUT2D eigenvalue weighted by Gasteiger charge is 2.72. The molecule has 0 aromatic carbocycles. The van der Waals surface area contributed by atoms with Crippen LogP contribution in [0.2, 0.25) is 0 Å². The van der Waals surface area contributed by atoms with E-state index < -0.39 is 0 Å². The van der Waals surface area contributed by atoms with Crippen molar-refractivity contribution in [3.8, 4) is 0 Å². The summed E-state index contributed by atoms with van der Waals surface area (Å²) in [5.74, 6) is 11.1. The normalized spacial score (nSPS) is 50.5. The molecule has 0 aromatic heterocycles. The number of carbonyl (C=O) groups is 1. The van der Waals surface area contributed by atoms with E-state index in [1.807, 2.05) is 18.2 Å². The zero-order valence-electron chi connectivity index (χ0n) is 80.3. The molecule has 123 heavy (non-hydrogen) atoms. The van der Waals surface area contributed by atoms with Crippen LogP contribution in [0.4, 0.5) is 0 Å². The third-order valence-corrected chi connectivity index (χ3v) is 43.2. The van der Waals surface area contributed by atoms with Gasteiger partial charge in [-0.1, -0.05) is 154 Å². The average Bonchev–Trinajstić information content (AvgIpc) is 1.66. The van der Waals surface area contributed by atoms with Gasteiger partial charge >= 0.3 is 5.97 Å². The highest BCUT2D eigenvalue weighted by Crippen LogP contribution is 2.75. The Hall–Kier alpha value is -1.83. The van der Waals surface area contributed by atoms with E-state index in [1.165, 1.54) is 97.0 Å². The highest BCUT2D eigenvalue weighted by atomic mass is 16.5. The monoisotopic (exact) mass is 1720 g/mol. The van der Waals surface area contributed by atoms with Gasteiger partial charge in [0.25, 0.3) is 0 Å². The van der Waals surface area contributed by atoms with Gasteiger partial charge in [0.1, 0.15) is 0 Å². The van der Waals surface area contributed by atoms with Crippen LogP contribution < -0.4 is 0 Å². The van der Waals surface area contributed by atoms with Crippen LogP contribution in [0.25, 0.3) is 0 Å². The number of fused-ring (bicyclic) bond motifs is 20. The molecule has 0 amide bonds. The lowest BCUT2D eigenvalue weighted by molar-refractivity contribution is -0.223. The first kappa shape index (κ1) is 98.7. The van der Waals surface area contributed by atoms with Crippen LogP contribution in [0.5, 0.6) is 0 Å². The number of aliphatic hydroxyl groups is 10. The zero-order valence-corrected chi connectivity index (χ0v) is 80.3. The number of carbonyl (C=O) groups excluding carboxylic acids is 1. The van der Waals surface area contributed by atoms with Crippen LogP contribution in [0.3, 0.4) is 0 Å². The predicted molar refractivity (Wildman–Crippen MR) is 491 cm³/mol. The van der Waals surface area contributed by atoms with Gasteiger partial charge in [0, 0.05) is 18.4 Å². The van der Waals surface area contributed by atoms with E-state index in [2.05, 4.69) is 117 Å². The van der Waals surface area contributed by atoms with Gasteiger partial charge in [0.2, 0.25) is 0 Å². The first-order valence-electron chi connectivity index (χ1n) is 51.9. The van der Waals surface area contributed by atoms with Crippen LogP contribution in [-0.4, -0.2) is 164 Å². The molecule has 0 radical (unpaired) electrons. The van der Waals surface area contributed by atoms with E-state index in [-0.39, 0.29) is 111 Å². The molecule has 10 N–H and O–H groups in total. The molecular weight excluding hydrogens is 1540 g/mol. The second kappa shape index (κ2) is 40.1. The third kappa shape index (κ3) is 18.0. The quantitative estimate of drug-likeness (QED) is 0.0301. The van der Waals surface area contributed by atoms with Crippen LogP contribution in [0, 0.1) is 185 Å². The molecule has 16 aliphatic carbocycles. The Kier molecular flexibility index (Phi) is 32.2. The molecule has 15 nitrogen and oxygen atoms in total. The minimum atomic E-state index is -0.369. The molecule has 0 aromatic rings. The SMILES string of the molecule is C=CCO[C@@H]1CC[C@@]2(C)[C@@H](C1)C[C@@H](OCC=C)[C@@H]1[C@@H]2C[C@H](OCC=C)[C@]2(C)[C@@H]([C@H](C)CCCC)CC[C@@H]12.CCCC[C@@H](C)[C@H]1CC[C@H]2[C@@H]3[C@H](O)C[C@@H]4C[C@H](O)CC[C@]4(C)[C@H]3C[C@H](O)[C@]12C.COC(=O)CC[C@@H](C)[C@H]1CC[C@H]2[C@@H]3[C@H](O)C[C@@H]4C[C@H](O)CC[C@]4(C)[C@H]3C[C@H](O)[C@]12C.C[C@H](CCCO)[C@H]1CC[C@H]2[C@@H]3[C@H](O)C[C@@H]4C[C@H](O)CC[C@]4(C)[C@H]3C[C@H](O)[C@]12C. The molecule has 16 rings (SSSR count). The van der Waals surface area contributed by atoms with Crippen molar-refractivity contribution in [2.24, 2.45) is 185 Å². The largest absolute Gasteiger partial charge is 0.469 e. The lowest BCUT2D eigenvalue weighted by atomic mass is 9.43. The molecule has 0 unspecified atom stereocenters. The van der Waals surface area contributed by atoms with Gasteiger partial charge in [0.15, 0.2) is 0 Å². The number of hydrogen-bond donors (Lipinski definition) is 10. The van der Waals surface area contributed by atoms with Crippen molar-refractivity contribution in [3.05, 3.63) is 38.0 Å². The smallest absolute Gasteiger partial charge is 0.305 e. The van der Waals surface area contributed by atoms with E-state index in [1.54, 1.807) is 0 Å². The Morgan fingerprint density at radius 2 is 0.707 bits per heavy atom. The molecule has 15 heteroatoms. The third-order valence-electron chi connectivity index (χ3n) is 43.2. The lowest BCUT2D eigenvalue weighted by Crippen LogP contribution is -2.63. The van der Waals surface area contributed by atoms with Gasteiger partial charge in [-0.3, -0.25) is 4.79 Å². The van der Waals surface area contributed by atoms with Gasteiger partial charge in [-0.2, -0.15) is 0 Å². The number of rotatable bonds is 25. The molecule has 16 fully saturated rings. The summed E-state index contributed by atoms with van der Waals surface area (Å²) in [5.41, 5.74) is 0.621. The number of hydrogen-bond acceptors (Lipinski definition) is 15. The van der Waals surface area contributed by atoms with Crippen molar-refractivity contribution >= 4 is 5.97 Å². The summed E-state index contributed by atoms with van der Waals surface area (Å²) in [4.78, 5) is 11.7. The van der Waals surface area contributed by atoms with Crippen LogP contribution in [0.1, 0.15) is 341 Å². The van der Waals surface area contributed by atoms with Gasteiger partial charge in [-0.05, 0) is 379 Å². The van der Waals surface area contributed by atoms with E-state index in [4.69, 9.17) is 18.9 Å². The minimum Gasteiger partial charge on any atom is -0.469 e. The van der Waals surface area contributed by atoms with Crippen molar-refractivity contribution < 1.29 is 74.8 Å². The summed E-state index contributed by atoms with van der Waals surface area (Å²) in [6.07, 6.45) is 43.5. The predicted octanol–water partition coefficient (Wildman–Crippen LogP) is 20.1. The van der Waals surface area contributed by atoms with Gasteiger partial charge in [-0.15, -0.1) is 19.7 Å². The summed E-state index contributed by atoms with van der Waals surface area (Å²) >= 11 is 0. The maximum atomic E-state index is 11.7. The fraction of sp³-hybridized carbons (Fsp3) is 0.935. The molecule has 0 heterocycles. The molecule has 44 atom stereocenters. The van der Waals surface area contributed by atoms with Crippen LogP contribution in [-0.2, 0) is 23.7 Å². The number of methoxy groups -OCH3 is 1. The maximum Gasteiger partial charge on any atom is 0.305 e. The molecule has 0 spiro atoms. The van der Waals surface area contributed by atoms with Gasteiger partial charge in [-0.25, -0.2) is 0 Å². The summed E-state index contributed by atoms with van der Waals surface area (Å²) in [6.45, 7) is 47.5. The van der Waals surface area contributed by atoms with Crippen molar-refractivity contribution in [2.75, 3.05) is 33.5 Å². The number of ether oxygens (including phenoxy) is 4. The fourth-order valence-electron chi connectivity index (χ4n) is 36.3. The maximum absolute atomic E-state index is 11.7. The number of esters is 1. The van der Waals surface area contributed by atoms with Gasteiger partial charge in [0.05, 0.1) is 100 Å². The van der Waals surface area contributed by atoms with Crippen molar-refractivity contribution in [1.29, 1.82) is 0 Å². The highest BCUT2D eigenvalue weighted by molar-refractivity contribution is 5.69. The topological polar surface area (TPSA) is 256 Å². The van der Waals surface area contributed by atoms with Gasteiger partial charge < -0.3 is 70.0 Å². The number of unbranched alkanes of at least 4 members (excludes halogenated alkanes) is 2. The van der Waals surface area contributed by atoms with E-state index in [0.29, 0.717) is 174 Å². The van der Waals surface area contributed by atoms with E-state index in [9.17, 15) is 55.9 Å². The molecule has 0 aliphatic heterocycles. The van der Waals surface area contributed by atoms with Crippen LogP contribution >= 0.6 is 0 Å². The van der Waals surface area contributed by atoms with E-state index >= 15 is 0 Å². The van der Waals surface area contributed by atoms with E-state index in [0.717, 1.165) is 160 Å². The summed E-state index contributed by atoms with van der Waals surface area (Å²) in [6, 6.07) is 0. The Morgan fingerprint density at radius 3 is 1.08 bits per heavy atom. The lowest BCUT2D eigenvalue weighted by Gasteiger charge is -2.64. The molecule has 16 aliphatic rings. The Labute approximate surface area is 747 Å². The standard InChI is InChI=1S/C34H56O3.C25H42O5.C25H44O3.C24H42O4/c1-8-12-13-24(5)27-14-15-28-32-29(23-31(34(27,28)7)37-20-11-4)33(6)17-16-26(35-18-9-2)21-25(33)22-30(32)36-19-10-3;1-14(5-8-22(29)30-4)17-6-7-18-23-19(13-21(28)25(17,18)3)24(2)10-9-16(26)11-15(24)12-20(23)27;1-5-6-7-15(2)18-8-9-19-23-20(14-22(28)25(18,19)4)24(3)11-10-17(26)12-16(24)13-21(23)27;1-14(5-4-10-25)17-6-7-18-22-19(13-21(28)24(17,18)3)23(2)9-8-16(26)11-15(23)12-20(22)27/h9-11,24-32H,2-4,8,12-23H2,1,5-7H3;14-21,23,26-28H,5-13H2,1-4H3;15-23,26-28H,5-14H2,1-4H3;14-22,25-28H,4-13H2,1-3H3/t24-,25+,26-,27-,28+,29+,30-,31+,32+,33+,34-;14-,15+,16-,17-,18+,19+,20-,21+,23+,24+,25-;15-,16+,17-,18-,19+,20+,21-,22+,23+,24+,25-;14-,15+,16-,17-,18+,19+,20-,21+,22+,23+,24-/m1111/s1. The molecule has 0 bridgehead atoms. The second-order valence-electron chi connectivity index (χ2n) is 48.1. The minimum absolute atomic E-state index is 0.0350. The summed E-state index contributed by atoms with van der Waals surface area (Å²) in [7, 11) is 1.44. The molecule has 0 saturated heterocycles. The second-order valence-corrected chi connectivity index (χ2v) is 48.1. The molecule has 706 valence electrons. The van der Waals surface area contributed by atoms with Crippen LogP contribution in [0.15, 0.2) is 38.0 Å². The Morgan fingerprint density at radius 1 is 0.374 bits per heavy atom. The molecular formula is C108H184O15. The zero-order chi connectivity index (χ0) is 89.0. The first-order valence-corrected chi connectivity index (χ1v) is 51.9. The Balaban J connectivity index is 0.000000142. The average molecular weight is 1720 g/mol.